The van der Waals surface area contributed by atoms with E-state index in [1.165, 1.54) is 0 Å². The Bertz CT molecular complexity index is 604. The molecule has 0 saturated heterocycles. The molecule has 0 aliphatic carbocycles. The molecule has 0 radical (unpaired) electrons. The monoisotopic (exact) mass is 554 g/mol. The van der Waals surface area contributed by atoms with E-state index in [0.717, 1.165) is 75.2 Å². The number of hydrogen-bond donors (Lipinski definition) is 3. The molecule has 9 heteroatoms. The largest absolute Gasteiger partial charge is 0.396 e. The molecule has 1 rings (SSSR count). The molecule has 3 N–H and O–H groups in total. The second-order valence-electron chi connectivity index (χ2n) is 8.01. The number of thioether (sulfide) groups is 1. The zero-order valence-corrected chi connectivity index (χ0v) is 22.8. The van der Waals surface area contributed by atoms with Crippen molar-refractivity contribution in [3.05, 3.63) is 5.82 Å². The Hall–Kier alpha value is -0.550. The Balaban J connectivity index is 0.00000841. The van der Waals surface area contributed by atoms with Crippen molar-refractivity contribution < 1.29 is 5.11 Å². The number of aryl methyl sites for hydroxylation is 1. The van der Waals surface area contributed by atoms with E-state index in [0.29, 0.717) is 5.92 Å². The second kappa shape index (κ2) is 16.1. The van der Waals surface area contributed by atoms with E-state index < -0.39 is 0 Å². The van der Waals surface area contributed by atoms with E-state index in [1.807, 2.05) is 0 Å². The molecule has 0 aliphatic heterocycles. The maximum Gasteiger partial charge on any atom is 0.191 e. The number of hydrogen-bond acceptors (Lipinski definition) is 5. The molecule has 30 heavy (non-hydrogen) atoms. The van der Waals surface area contributed by atoms with Crippen LogP contribution in [-0.2, 0) is 13.0 Å². The summed E-state index contributed by atoms with van der Waals surface area (Å²) in [6.45, 7) is 14.5. The molecule has 0 bridgehead atoms. The highest BCUT2D eigenvalue weighted by Crippen LogP contribution is 2.30. The zero-order valence-electron chi connectivity index (χ0n) is 19.7. The van der Waals surface area contributed by atoms with Crippen molar-refractivity contribution in [3.8, 4) is 0 Å². The number of rotatable bonds is 14. The van der Waals surface area contributed by atoms with Crippen molar-refractivity contribution >= 4 is 41.7 Å². The topological polar surface area (TPSA) is 87.4 Å². The number of nitrogens with one attached hydrogen (secondary N) is 2. The van der Waals surface area contributed by atoms with E-state index in [1.54, 1.807) is 11.8 Å². The molecule has 0 unspecified atom stereocenters. The molecule has 0 fully saturated rings. The van der Waals surface area contributed by atoms with Crippen molar-refractivity contribution in [1.29, 1.82) is 0 Å². The standard InChI is InChI=1S/C21H42N6OS.HI/c1-7-21(8-2,12-14-28)16-24-19(22-9-3)23-13-10-11-18-25-26-20(29-6)27(18)15-17(4)5;/h17,28H,7-16H2,1-6H3,(H2,22,23,24);1H. The molecule has 176 valence electrons. The quantitative estimate of drug-likeness (QED) is 0.106. The molecule has 7 nitrogen and oxygen atoms in total. The first kappa shape index (κ1) is 29.5. The number of guanidine groups is 1. The van der Waals surface area contributed by atoms with Gasteiger partial charge in [0.15, 0.2) is 11.1 Å². The summed E-state index contributed by atoms with van der Waals surface area (Å²) in [7, 11) is 0. The van der Waals surface area contributed by atoms with Gasteiger partial charge < -0.3 is 20.3 Å². The summed E-state index contributed by atoms with van der Waals surface area (Å²) >= 11 is 1.65. The third-order valence-corrected chi connectivity index (χ3v) is 6.12. The molecule has 1 aromatic heterocycles. The van der Waals surface area contributed by atoms with E-state index >= 15 is 0 Å². The van der Waals surface area contributed by atoms with Gasteiger partial charge in [0.05, 0.1) is 0 Å². The highest BCUT2D eigenvalue weighted by Gasteiger charge is 2.25. The predicted molar refractivity (Wildman–Crippen MR) is 139 cm³/mol. The van der Waals surface area contributed by atoms with Crippen LogP contribution in [0, 0.1) is 11.3 Å². The SMILES string of the molecule is CCNC(=NCC(CC)(CC)CCO)NCCCc1nnc(SC)n1CC(C)C.I. The molecule has 1 heterocycles. The van der Waals surface area contributed by atoms with E-state index in [-0.39, 0.29) is 36.0 Å². The first-order valence-electron chi connectivity index (χ1n) is 11.0. The van der Waals surface area contributed by atoms with Gasteiger partial charge in [-0.05, 0) is 50.2 Å². The van der Waals surface area contributed by atoms with Crippen LogP contribution in [0.4, 0.5) is 0 Å². The molecule has 0 aliphatic rings. The first-order valence-corrected chi connectivity index (χ1v) is 12.3. The normalized spacial score (nSPS) is 12.2. The average Bonchev–Trinajstić information content (AvgIpc) is 3.09. The third kappa shape index (κ3) is 9.72. The van der Waals surface area contributed by atoms with E-state index in [4.69, 9.17) is 4.99 Å². The van der Waals surface area contributed by atoms with Gasteiger partial charge >= 0.3 is 0 Å². The van der Waals surface area contributed by atoms with Crippen molar-refractivity contribution in [2.24, 2.45) is 16.3 Å². The van der Waals surface area contributed by atoms with Crippen LogP contribution >= 0.6 is 35.7 Å². The highest BCUT2D eigenvalue weighted by molar-refractivity contribution is 14.0. The number of aromatic nitrogens is 3. The predicted octanol–water partition coefficient (Wildman–Crippen LogP) is 3.95. The average molecular weight is 555 g/mol. The van der Waals surface area contributed by atoms with Crippen molar-refractivity contribution in [2.75, 3.05) is 32.5 Å². The molecule has 0 spiro atoms. The number of aliphatic imine (C=N–C) groups is 1. The van der Waals surface area contributed by atoms with E-state index in [2.05, 4.69) is 66.3 Å². The lowest BCUT2D eigenvalue weighted by Crippen LogP contribution is -2.39. The lowest BCUT2D eigenvalue weighted by molar-refractivity contribution is 0.175. The van der Waals surface area contributed by atoms with Gasteiger partial charge in [-0.1, -0.05) is 39.5 Å². The number of aliphatic hydroxyl groups is 1. The van der Waals surface area contributed by atoms with Gasteiger partial charge in [-0.15, -0.1) is 34.2 Å². The first-order chi connectivity index (χ1) is 13.9. The van der Waals surface area contributed by atoms with Crippen LogP contribution in [0.15, 0.2) is 10.1 Å². The minimum absolute atomic E-state index is 0. The van der Waals surface area contributed by atoms with Gasteiger partial charge in [0.1, 0.15) is 5.82 Å². The van der Waals surface area contributed by atoms with Crippen molar-refractivity contribution in [2.45, 2.75) is 78.4 Å². The highest BCUT2D eigenvalue weighted by atomic mass is 127. The third-order valence-electron chi connectivity index (χ3n) is 5.45. The minimum atomic E-state index is 0. The van der Waals surface area contributed by atoms with Crippen LogP contribution in [0.2, 0.25) is 0 Å². The van der Waals surface area contributed by atoms with Gasteiger partial charge in [-0.25, -0.2) is 0 Å². The van der Waals surface area contributed by atoms with E-state index in [9.17, 15) is 5.11 Å². The van der Waals surface area contributed by atoms with Gasteiger partial charge in [-0.2, -0.15) is 0 Å². The van der Waals surface area contributed by atoms with Crippen LogP contribution in [0.1, 0.15) is 66.1 Å². The summed E-state index contributed by atoms with van der Waals surface area (Å²) in [4.78, 5) is 4.81. The summed E-state index contributed by atoms with van der Waals surface area (Å²) in [6, 6.07) is 0. The van der Waals surface area contributed by atoms with Crippen molar-refractivity contribution in [3.63, 3.8) is 0 Å². The summed E-state index contributed by atoms with van der Waals surface area (Å²) < 4.78 is 2.25. The molecule has 0 amide bonds. The Morgan fingerprint density at radius 1 is 1.20 bits per heavy atom. The number of halogens is 1. The Labute approximate surface area is 204 Å². The molecule has 0 aromatic carbocycles. The Morgan fingerprint density at radius 3 is 2.43 bits per heavy atom. The summed E-state index contributed by atoms with van der Waals surface area (Å²) in [5.74, 6) is 2.48. The fourth-order valence-corrected chi connectivity index (χ4v) is 3.91. The summed E-state index contributed by atoms with van der Waals surface area (Å²) in [5, 5.41) is 25.9. The Kier molecular flexibility index (Phi) is 15.8. The van der Waals surface area contributed by atoms with Gasteiger partial charge in [0.2, 0.25) is 0 Å². The smallest absolute Gasteiger partial charge is 0.191 e. The zero-order chi connectivity index (χ0) is 21.7. The van der Waals surface area contributed by atoms with Gasteiger partial charge in [-0.3, -0.25) is 4.99 Å². The molecular weight excluding hydrogens is 511 g/mol. The summed E-state index contributed by atoms with van der Waals surface area (Å²) in [5.41, 5.74) is 0.0819. The summed E-state index contributed by atoms with van der Waals surface area (Å²) in [6.07, 6.45) is 6.76. The number of nitrogens with zero attached hydrogens (tertiary/aromatic N) is 4. The fraction of sp³-hybridized carbons (Fsp3) is 0.857. The Morgan fingerprint density at radius 2 is 1.90 bits per heavy atom. The van der Waals surface area contributed by atoms with Crippen LogP contribution in [0.25, 0.3) is 0 Å². The lowest BCUT2D eigenvalue weighted by Gasteiger charge is -2.29. The second-order valence-corrected chi connectivity index (χ2v) is 8.79. The van der Waals surface area contributed by atoms with Crippen LogP contribution in [-0.4, -0.2) is 58.3 Å². The molecular formula is C21H43IN6OS. The van der Waals surface area contributed by atoms with Crippen molar-refractivity contribution in [1.82, 2.24) is 25.4 Å². The van der Waals surface area contributed by atoms with Crippen LogP contribution < -0.4 is 10.6 Å². The molecule has 1 aromatic rings. The van der Waals surface area contributed by atoms with Crippen LogP contribution in [0.3, 0.4) is 0 Å². The number of aliphatic hydroxyl groups excluding tert-OH is 1. The fourth-order valence-electron chi connectivity index (χ4n) is 3.39. The van der Waals surface area contributed by atoms with Gasteiger partial charge in [0.25, 0.3) is 0 Å². The van der Waals surface area contributed by atoms with Crippen LogP contribution in [0.5, 0.6) is 0 Å². The molecule has 0 saturated carbocycles. The maximum atomic E-state index is 9.42. The minimum Gasteiger partial charge on any atom is -0.396 e. The maximum absolute atomic E-state index is 9.42. The van der Waals surface area contributed by atoms with Gasteiger partial charge in [0, 0.05) is 39.2 Å². The lowest BCUT2D eigenvalue weighted by atomic mass is 9.79. The molecule has 0 atom stereocenters.